The number of aromatic nitrogens is 2. The molecule has 0 bridgehead atoms. The fourth-order valence-electron chi connectivity index (χ4n) is 2.29. The number of benzene rings is 1. The van der Waals surface area contributed by atoms with Gasteiger partial charge in [0.25, 0.3) is 0 Å². The van der Waals surface area contributed by atoms with E-state index in [-0.39, 0.29) is 6.04 Å². The Labute approximate surface area is 121 Å². The van der Waals surface area contributed by atoms with Crippen LogP contribution >= 0.6 is 0 Å². The molecule has 21 heavy (non-hydrogen) atoms. The van der Waals surface area contributed by atoms with E-state index in [1.807, 2.05) is 41.9 Å². The molecule has 1 atom stereocenters. The van der Waals surface area contributed by atoms with Gasteiger partial charge < -0.3 is 9.72 Å². The van der Waals surface area contributed by atoms with Crippen LogP contribution in [0.3, 0.4) is 0 Å². The minimum absolute atomic E-state index is 0.226. The number of hydrogen-bond acceptors (Lipinski definition) is 2. The first-order valence-electron chi connectivity index (χ1n) is 6.74. The van der Waals surface area contributed by atoms with Crippen LogP contribution in [0.5, 0.6) is 0 Å². The summed E-state index contributed by atoms with van der Waals surface area (Å²) in [7, 11) is 0. The summed E-state index contributed by atoms with van der Waals surface area (Å²) < 4.78 is 28.5. The van der Waals surface area contributed by atoms with Gasteiger partial charge in [0.05, 0.1) is 5.69 Å². The predicted molar refractivity (Wildman–Crippen MR) is 76.8 cm³/mol. The Balaban J connectivity index is 1.71. The molecule has 0 amide bonds. The highest BCUT2D eigenvalue weighted by Gasteiger charge is 2.12. The standard InChI is InChI=1S/C16H15F2N3/c1-11(14-6-5-12(17)8-15(14)18)19-9-13-10-21-7-3-2-4-16(21)20-13/h2-8,10-11,19H,9H2,1H3. The maximum absolute atomic E-state index is 13.7. The highest BCUT2D eigenvalue weighted by atomic mass is 19.1. The lowest BCUT2D eigenvalue weighted by atomic mass is 10.1. The molecule has 3 rings (SSSR count). The smallest absolute Gasteiger partial charge is 0.137 e. The number of pyridine rings is 1. The first-order chi connectivity index (χ1) is 10.1. The Bertz CT molecular complexity index is 734. The van der Waals surface area contributed by atoms with Gasteiger partial charge in [0.15, 0.2) is 0 Å². The van der Waals surface area contributed by atoms with Crippen molar-refractivity contribution in [2.24, 2.45) is 0 Å². The molecule has 0 aliphatic carbocycles. The second-order valence-corrected chi connectivity index (χ2v) is 4.97. The summed E-state index contributed by atoms with van der Waals surface area (Å²) in [6.07, 6.45) is 3.85. The molecule has 2 aromatic heterocycles. The van der Waals surface area contributed by atoms with Crippen molar-refractivity contribution in [3.05, 3.63) is 71.7 Å². The second-order valence-electron chi connectivity index (χ2n) is 4.97. The van der Waals surface area contributed by atoms with Crippen LogP contribution in [0.2, 0.25) is 0 Å². The molecule has 0 saturated heterocycles. The van der Waals surface area contributed by atoms with Crippen LogP contribution in [0.25, 0.3) is 5.65 Å². The van der Waals surface area contributed by atoms with Gasteiger partial charge in [-0.25, -0.2) is 13.8 Å². The van der Waals surface area contributed by atoms with Crippen LogP contribution in [-0.2, 0) is 6.54 Å². The van der Waals surface area contributed by atoms with Crippen LogP contribution in [0.4, 0.5) is 8.78 Å². The summed E-state index contributed by atoms with van der Waals surface area (Å²) in [4.78, 5) is 4.46. The van der Waals surface area contributed by atoms with Crippen LogP contribution in [-0.4, -0.2) is 9.38 Å². The van der Waals surface area contributed by atoms with Crippen LogP contribution < -0.4 is 5.32 Å². The molecule has 0 fully saturated rings. The van der Waals surface area contributed by atoms with E-state index in [4.69, 9.17) is 0 Å². The van der Waals surface area contributed by atoms with E-state index in [0.717, 1.165) is 17.4 Å². The Kier molecular flexibility index (Phi) is 3.66. The number of rotatable bonds is 4. The average Bonchev–Trinajstić information content (AvgIpc) is 2.87. The highest BCUT2D eigenvalue weighted by Crippen LogP contribution is 2.18. The number of nitrogens with zero attached hydrogens (tertiary/aromatic N) is 2. The Morgan fingerprint density at radius 3 is 2.86 bits per heavy atom. The lowest BCUT2D eigenvalue weighted by Gasteiger charge is -2.14. The van der Waals surface area contributed by atoms with Gasteiger partial charge in [0.1, 0.15) is 17.3 Å². The van der Waals surface area contributed by atoms with Gasteiger partial charge in [0, 0.05) is 36.6 Å². The van der Waals surface area contributed by atoms with E-state index in [1.165, 1.54) is 12.1 Å². The van der Waals surface area contributed by atoms with Crippen molar-refractivity contribution in [1.82, 2.24) is 14.7 Å². The molecule has 3 aromatic rings. The molecular formula is C16H15F2N3. The largest absolute Gasteiger partial charge is 0.307 e. The minimum atomic E-state index is -0.566. The number of nitrogens with one attached hydrogen (secondary N) is 1. The van der Waals surface area contributed by atoms with E-state index in [2.05, 4.69) is 10.3 Å². The molecule has 0 spiro atoms. The summed E-state index contributed by atoms with van der Waals surface area (Å²) in [6.45, 7) is 2.35. The lowest BCUT2D eigenvalue weighted by Crippen LogP contribution is -2.19. The monoisotopic (exact) mass is 287 g/mol. The van der Waals surface area contributed by atoms with E-state index in [1.54, 1.807) is 0 Å². The van der Waals surface area contributed by atoms with Gasteiger partial charge in [-0.1, -0.05) is 12.1 Å². The van der Waals surface area contributed by atoms with Crippen molar-refractivity contribution in [3.63, 3.8) is 0 Å². The summed E-state index contributed by atoms with van der Waals surface area (Å²) >= 11 is 0. The van der Waals surface area contributed by atoms with E-state index >= 15 is 0 Å². The maximum Gasteiger partial charge on any atom is 0.137 e. The summed E-state index contributed by atoms with van der Waals surface area (Å²) in [5.41, 5.74) is 2.19. The molecule has 2 heterocycles. The first kappa shape index (κ1) is 13.7. The van der Waals surface area contributed by atoms with Gasteiger partial charge in [0.2, 0.25) is 0 Å². The molecular weight excluding hydrogens is 272 g/mol. The van der Waals surface area contributed by atoms with Crippen LogP contribution in [0.1, 0.15) is 24.2 Å². The normalized spacial score (nSPS) is 12.7. The van der Waals surface area contributed by atoms with Gasteiger partial charge >= 0.3 is 0 Å². The van der Waals surface area contributed by atoms with Crippen molar-refractivity contribution >= 4 is 5.65 Å². The van der Waals surface area contributed by atoms with Crippen molar-refractivity contribution in [2.45, 2.75) is 19.5 Å². The number of halogens is 2. The summed E-state index contributed by atoms with van der Waals surface area (Å²) in [5.74, 6) is -1.10. The molecule has 0 saturated carbocycles. The molecule has 108 valence electrons. The molecule has 1 unspecified atom stereocenters. The maximum atomic E-state index is 13.7. The van der Waals surface area contributed by atoms with Crippen molar-refractivity contribution in [1.29, 1.82) is 0 Å². The van der Waals surface area contributed by atoms with Crippen molar-refractivity contribution < 1.29 is 8.78 Å². The topological polar surface area (TPSA) is 29.3 Å². The Hall–Kier alpha value is -2.27. The predicted octanol–water partition coefficient (Wildman–Crippen LogP) is 3.46. The third-order valence-electron chi connectivity index (χ3n) is 3.43. The fraction of sp³-hybridized carbons (Fsp3) is 0.188. The molecule has 0 radical (unpaired) electrons. The zero-order chi connectivity index (χ0) is 14.8. The van der Waals surface area contributed by atoms with Gasteiger partial charge in [-0.05, 0) is 25.1 Å². The quantitative estimate of drug-likeness (QED) is 0.796. The Morgan fingerprint density at radius 1 is 1.24 bits per heavy atom. The number of hydrogen-bond donors (Lipinski definition) is 1. The SMILES string of the molecule is CC(NCc1cn2ccccc2n1)c1ccc(F)cc1F. The zero-order valence-electron chi connectivity index (χ0n) is 11.6. The van der Waals surface area contributed by atoms with Gasteiger partial charge in [-0.2, -0.15) is 0 Å². The number of imidazole rings is 1. The van der Waals surface area contributed by atoms with Crippen LogP contribution in [0, 0.1) is 11.6 Å². The first-order valence-corrected chi connectivity index (χ1v) is 6.74. The van der Waals surface area contributed by atoms with Crippen molar-refractivity contribution in [3.8, 4) is 0 Å². The fourth-order valence-corrected chi connectivity index (χ4v) is 2.29. The summed E-state index contributed by atoms with van der Waals surface area (Å²) in [5, 5.41) is 3.20. The minimum Gasteiger partial charge on any atom is -0.307 e. The number of fused-ring (bicyclic) bond motifs is 1. The molecule has 1 N–H and O–H groups in total. The Morgan fingerprint density at radius 2 is 2.10 bits per heavy atom. The van der Waals surface area contributed by atoms with Gasteiger partial charge in [-0.15, -0.1) is 0 Å². The average molecular weight is 287 g/mol. The van der Waals surface area contributed by atoms with E-state index in [9.17, 15) is 8.78 Å². The molecule has 1 aromatic carbocycles. The summed E-state index contributed by atoms with van der Waals surface area (Å²) in [6, 6.07) is 9.19. The van der Waals surface area contributed by atoms with Gasteiger partial charge in [-0.3, -0.25) is 0 Å². The third-order valence-corrected chi connectivity index (χ3v) is 3.43. The molecule has 0 aliphatic heterocycles. The molecule has 5 heteroatoms. The molecule has 0 aliphatic rings. The van der Waals surface area contributed by atoms with E-state index in [0.29, 0.717) is 12.1 Å². The third kappa shape index (κ3) is 2.92. The van der Waals surface area contributed by atoms with Crippen LogP contribution in [0.15, 0.2) is 48.8 Å². The molecule has 3 nitrogen and oxygen atoms in total. The zero-order valence-corrected chi connectivity index (χ0v) is 11.6. The van der Waals surface area contributed by atoms with E-state index < -0.39 is 11.6 Å². The van der Waals surface area contributed by atoms with Crippen molar-refractivity contribution in [2.75, 3.05) is 0 Å². The second kappa shape index (κ2) is 5.61. The highest BCUT2D eigenvalue weighted by molar-refractivity contribution is 5.39. The lowest BCUT2D eigenvalue weighted by molar-refractivity contribution is 0.515.